The third kappa shape index (κ3) is 2.48. The second-order valence-corrected chi connectivity index (χ2v) is 5.60. The van der Waals surface area contributed by atoms with Crippen molar-refractivity contribution in [3.63, 3.8) is 0 Å². The van der Waals surface area contributed by atoms with Crippen LogP contribution in [0.4, 0.5) is 0 Å². The van der Waals surface area contributed by atoms with Crippen LogP contribution in [0.3, 0.4) is 0 Å². The highest BCUT2D eigenvalue weighted by Crippen LogP contribution is 2.30. The lowest BCUT2D eigenvalue weighted by Gasteiger charge is -2.14. The first-order valence-corrected chi connectivity index (χ1v) is 7.65. The van der Waals surface area contributed by atoms with Gasteiger partial charge in [0.05, 0.1) is 12.6 Å². The van der Waals surface area contributed by atoms with Crippen LogP contribution in [0.15, 0.2) is 47.4 Å². The van der Waals surface area contributed by atoms with E-state index in [1.165, 1.54) is 10.5 Å². The predicted molar refractivity (Wildman–Crippen MR) is 79.9 cm³/mol. The van der Waals surface area contributed by atoms with E-state index in [1.54, 1.807) is 11.8 Å². The molecule has 0 aromatic heterocycles. The molecule has 0 saturated heterocycles. The van der Waals surface area contributed by atoms with Gasteiger partial charge in [-0.1, -0.05) is 24.3 Å². The molecule has 0 aliphatic carbocycles. The van der Waals surface area contributed by atoms with E-state index in [1.807, 2.05) is 6.07 Å². The van der Waals surface area contributed by atoms with E-state index in [-0.39, 0.29) is 6.04 Å². The Labute approximate surface area is 118 Å². The summed E-state index contributed by atoms with van der Waals surface area (Å²) in [6.45, 7) is 0.788. The number of fused-ring (bicyclic) bond motifs is 1. The molecule has 3 heteroatoms. The molecule has 0 radical (unpaired) electrons. The highest BCUT2D eigenvalue weighted by Gasteiger charge is 2.15. The van der Waals surface area contributed by atoms with Crippen LogP contribution in [0.1, 0.15) is 22.7 Å². The zero-order chi connectivity index (χ0) is 13.2. The molecular formula is C16H17NOS. The van der Waals surface area contributed by atoms with E-state index in [4.69, 9.17) is 10.5 Å². The van der Waals surface area contributed by atoms with E-state index in [2.05, 4.69) is 42.7 Å². The molecule has 1 aliphatic rings. The second kappa shape index (κ2) is 5.27. The van der Waals surface area contributed by atoms with Gasteiger partial charge in [0.1, 0.15) is 5.75 Å². The number of hydrogen-bond acceptors (Lipinski definition) is 3. The van der Waals surface area contributed by atoms with Gasteiger partial charge in [-0.15, -0.1) is 11.8 Å². The molecule has 2 N–H and O–H groups in total. The summed E-state index contributed by atoms with van der Waals surface area (Å²) in [5, 5.41) is 0. The quantitative estimate of drug-likeness (QED) is 0.869. The summed E-state index contributed by atoms with van der Waals surface area (Å²) in [5.74, 6) is 1.01. The first kappa shape index (κ1) is 12.6. The van der Waals surface area contributed by atoms with E-state index in [0.717, 1.165) is 29.9 Å². The minimum absolute atomic E-state index is 0.0678. The Morgan fingerprint density at radius 3 is 2.58 bits per heavy atom. The van der Waals surface area contributed by atoms with Crippen molar-refractivity contribution in [1.82, 2.24) is 0 Å². The van der Waals surface area contributed by atoms with Crippen molar-refractivity contribution in [2.45, 2.75) is 17.4 Å². The highest BCUT2D eigenvalue weighted by molar-refractivity contribution is 7.98. The summed E-state index contributed by atoms with van der Waals surface area (Å²) in [7, 11) is 0. The van der Waals surface area contributed by atoms with Crippen molar-refractivity contribution in [3.8, 4) is 5.75 Å². The molecule has 2 aromatic carbocycles. The summed E-state index contributed by atoms with van der Waals surface area (Å²) < 4.78 is 5.53. The Balaban J connectivity index is 1.88. The number of nitrogens with two attached hydrogens (primary N) is 1. The molecule has 2 nitrogen and oxygen atoms in total. The van der Waals surface area contributed by atoms with Crippen LogP contribution in [0.5, 0.6) is 5.75 Å². The standard InChI is InChI=1S/C16H17NOS/c1-19-14-5-2-11(3-6-14)16(17)13-4-7-15-12(10-13)8-9-18-15/h2-7,10,16H,8-9,17H2,1H3. The number of ether oxygens (including phenoxy) is 1. The number of hydrogen-bond donors (Lipinski definition) is 1. The van der Waals surface area contributed by atoms with E-state index in [0.29, 0.717) is 0 Å². The van der Waals surface area contributed by atoms with Crippen LogP contribution in [-0.2, 0) is 6.42 Å². The molecule has 1 aliphatic heterocycles. The molecule has 0 bridgehead atoms. The lowest BCUT2D eigenvalue weighted by molar-refractivity contribution is 0.357. The summed E-state index contributed by atoms with van der Waals surface area (Å²) in [5.41, 5.74) is 9.93. The zero-order valence-corrected chi connectivity index (χ0v) is 11.7. The monoisotopic (exact) mass is 271 g/mol. The molecular weight excluding hydrogens is 254 g/mol. The summed E-state index contributed by atoms with van der Waals surface area (Å²) in [4.78, 5) is 1.26. The van der Waals surface area contributed by atoms with Crippen LogP contribution >= 0.6 is 11.8 Å². The van der Waals surface area contributed by atoms with Gasteiger partial charge in [-0.3, -0.25) is 0 Å². The largest absolute Gasteiger partial charge is 0.493 e. The third-order valence-corrected chi connectivity index (χ3v) is 4.29. The lowest BCUT2D eigenvalue weighted by atomic mass is 9.97. The summed E-state index contributed by atoms with van der Waals surface area (Å²) >= 11 is 1.74. The molecule has 0 spiro atoms. The number of rotatable bonds is 3. The smallest absolute Gasteiger partial charge is 0.122 e. The van der Waals surface area contributed by atoms with E-state index < -0.39 is 0 Å². The van der Waals surface area contributed by atoms with E-state index in [9.17, 15) is 0 Å². The van der Waals surface area contributed by atoms with Crippen LogP contribution < -0.4 is 10.5 Å². The highest BCUT2D eigenvalue weighted by atomic mass is 32.2. The SMILES string of the molecule is CSc1ccc(C(N)c2ccc3c(c2)CCO3)cc1. The first-order valence-electron chi connectivity index (χ1n) is 6.43. The molecule has 98 valence electrons. The fourth-order valence-electron chi connectivity index (χ4n) is 2.40. The fraction of sp³-hybridized carbons (Fsp3) is 0.250. The number of benzene rings is 2. The molecule has 3 rings (SSSR count). The lowest BCUT2D eigenvalue weighted by Crippen LogP contribution is -2.11. The molecule has 0 saturated carbocycles. The van der Waals surface area contributed by atoms with Crippen LogP contribution in [0.25, 0.3) is 0 Å². The van der Waals surface area contributed by atoms with Crippen molar-refractivity contribution in [2.75, 3.05) is 12.9 Å². The average molecular weight is 271 g/mol. The maximum atomic E-state index is 6.35. The van der Waals surface area contributed by atoms with Gasteiger partial charge in [0.2, 0.25) is 0 Å². The Morgan fingerprint density at radius 2 is 1.84 bits per heavy atom. The maximum Gasteiger partial charge on any atom is 0.122 e. The van der Waals surface area contributed by atoms with Crippen molar-refractivity contribution in [2.24, 2.45) is 5.73 Å². The van der Waals surface area contributed by atoms with Crippen molar-refractivity contribution >= 4 is 11.8 Å². The van der Waals surface area contributed by atoms with E-state index >= 15 is 0 Å². The van der Waals surface area contributed by atoms with Gasteiger partial charge in [-0.2, -0.15) is 0 Å². The van der Waals surface area contributed by atoms with Gasteiger partial charge in [-0.05, 0) is 41.1 Å². The average Bonchev–Trinajstić information content (AvgIpc) is 2.94. The topological polar surface area (TPSA) is 35.2 Å². The molecule has 0 amide bonds. The molecule has 1 unspecified atom stereocenters. The van der Waals surface area contributed by atoms with Gasteiger partial charge in [-0.25, -0.2) is 0 Å². The number of thioether (sulfide) groups is 1. The molecule has 1 heterocycles. The Kier molecular flexibility index (Phi) is 3.49. The normalized spacial score (nSPS) is 14.8. The summed E-state index contributed by atoms with van der Waals surface area (Å²) in [6, 6.07) is 14.7. The Morgan fingerprint density at radius 1 is 1.11 bits per heavy atom. The fourth-order valence-corrected chi connectivity index (χ4v) is 2.81. The van der Waals surface area contributed by atoms with Gasteiger partial charge in [0.15, 0.2) is 0 Å². The van der Waals surface area contributed by atoms with Crippen molar-refractivity contribution < 1.29 is 4.74 Å². The Bertz CT molecular complexity index is 580. The van der Waals surface area contributed by atoms with Gasteiger partial charge in [0, 0.05) is 11.3 Å². The molecule has 0 fully saturated rings. The van der Waals surface area contributed by atoms with Gasteiger partial charge >= 0.3 is 0 Å². The zero-order valence-electron chi connectivity index (χ0n) is 10.9. The van der Waals surface area contributed by atoms with Gasteiger partial charge in [0.25, 0.3) is 0 Å². The van der Waals surface area contributed by atoms with Crippen LogP contribution in [0.2, 0.25) is 0 Å². The minimum Gasteiger partial charge on any atom is -0.493 e. The minimum atomic E-state index is -0.0678. The Hall–Kier alpha value is -1.45. The second-order valence-electron chi connectivity index (χ2n) is 4.72. The first-order chi connectivity index (χ1) is 9.28. The van der Waals surface area contributed by atoms with Crippen LogP contribution in [0, 0.1) is 0 Å². The predicted octanol–water partition coefficient (Wildman–Crippen LogP) is 3.39. The van der Waals surface area contributed by atoms with Gasteiger partial charge < -0.3 is 10.5 Å². The molecule has 19 heavy (non-hydrogen) atoms. The van der Waals surface area contributed by atoms with Crippen LogP contribution in [-0.4, -0.2) is 12.9 Å². The molecule has 1 atom stereocenters. The van der Waals surface area contributed by atoms with Crippen molar-refractivity contribution in [3.05, 3.63) is 59.2 Å². The maximum absolute atomic E-state index is 6.35. The van der Waals surface area contributed by atoms with Crippen molar-refractivity contribution in [1.29, 1.82) is 0 Å². The molecule has 2 aromatic rings. The summed E-state index contributed by atoms with van der Waals surface area (Å²) in [6.07, 6.45) is 3.07. The third-order valence-electron chi connectivity index (χ3n) is 3.55.